The van der Waals surface area contributed by atoms with Crippen molar-refractivity contribution >= 4 is 56.0 Å². The summed E-state index contributed by atoms with van der Waals surface area (Å²) in [4.78, 5) is 0. The fourth-order valence-corrected chi connectivity index (χ4v) is 3.85. The highest BCUT2D eigenvalue weighted by atomic mass is 35.5. The number of nitrogens with one attached hydrogen (secondary N) is 1. The summed E-state index contributed by atoms with van der Waals surface area (Å²) in [5.74, 6) is 0.622. The van der Waals surface area contributed by atoms with Gasteiger partial charge >= 0.3 is 0 Å². The minimum absolute atomic E-state index is 0.622. The van der Waals surface area contributed by atoms with Gasteiger partial charge in [-0.1, -0.05) is 84.4 Å². The van der Waals surface area contributed by atoms with Crippen molar-refractivity contribution < 1.29 is 0 Å². The Morgan fingerprint density at radius 1 is 0.750 bits per heavy atom. The topological polar surface area (TPSA) is 50.2 Å². The van der Waals surface area contributed by atoms with Crippen LogP contribution in [-0.4, -0.2) is 16.4 Å². The van der Waals surface area contributed by atoms with Crippen LogP contribution >= 0.6 is 11.6 Å². The third-order valence-electron chi connectivity index (χ3n) is 4.84. The number of hydrogen-bond donors (Lipinski definition) is 1. The molecule has 0 aliphatic rings. The van der Waals surface area contributed by atoms with Crippen molar-refractivity contribution in [3.8, 4) is 0 Å². The fourth-order valence-electron chi connectivity index (χ4n) is 3.52. The van der Waals surface area contributed by atoms with Gasteiger partial charge in [0.1, 0.15) is 0 Å². The van der Waals surface area contributed by atoms with E-state index in [-0.39, 0.29) is 0 Å². The highest BCUT2D eigenvalue weighted by Crippen LogP contribution is 2.35. The van der Waals surface area contributed by atoms with Gasteiger partial charge in [-0.2, -0.15) is 10.2 Å². The van der Waals surface area contributed by atoms with E-state index in [9.17, 15) is 0 Å². The van der Waals surface area contributed by atoms with Gasteiger partial charge in [-0.05, 0) is 10.8 Å². The summed E-state index contributed by atoms with van der Waals surface area (Å²) in [6.07, 6.45) is 3.56. The molecule has 1 aromatic heterocycles. The summed E-state index contributed by atoms with van der Waals surface area (Å²) >= 11 is 6.66. The fraction of sp³-hybridized carbons (Fsp3) is 0. The van der Waals surface area contributed by atoms with Crippen LogP contribution in [-0.2, 0) is 0 Å². The summed E-state index contributed by atoms with van der Waals surface area (Å²) in [5, 5.41) is 19.6. The molecule has 4 nitrogen and oxygen atoms in total. The Kier molecular flexibility index (Phi) is 4.11. The minimum atomic E-state index is 0.622. The number of aromatic nitrogens is 2. The van der Waals surface area contributed by atoms with E-state index in [1.807, 2.05) is 66.9 Å². The van der Waals surface area contributed by atoms with Gasteiger partial charge in [-0.3, -0.25) is 5.43 Å². The van der Waals surface area contributed by atoms with Crippen LogP contribution in [0.2, 0.25) is 5.02 Å². The molecule has 28 heavy (non-hydrogen) atoms. The van der Waals surface area contributed by atoms with Gasteiger partial charge in [-0.25, -0.2) is 0 Å². The van der Waals surface area contributed by atoms with Gasteiger partial charge < -0.3 is 0 Å². The first-order valence-corrected chi connectivity index (χ1v) is 9.29. The molecule has 0 atom stereocenters. The van der Waals surface area contributed by atoms with Crippen molar-refractivity contribution in [3.63, 3.8) is 0 Å². The monoisotopic (exact) mass is 382 g/mol. The van der Waals surface area contributed by atoms with E-state index in [0.717, 1.165) is 42.9 Å². The lowest BCUT2D eigenvalue weighted by Crippen LogP contribution is -1.97. The molecule has 5 rings (SSSR count). The van der Waals surface area contributed by atoms with Crippen LogP contribution in [0, 0.1) is 0 Å². The Morgan fingerprint density at radius 3 is 2.00 bits per heavy atom. The molecular weight excluding hydrogens is 368 g/mol. The zero-order valence-electron chi connectivity index (χ0n) is 14.8. The molecule has 0 amide bonds. The number of benzene rings is 4. The molecular formula is C23H15ClN4. The summed E-state index contributed by atoms with van der Waals surface area (Å²) in [6.45, 7) is 0. The maximum absolute atomic E-state index is 6.66. The average molecular weight is 383 g/mol. The maximum atomic E-state index is 6.66. The van der Waals surface area contributed by atoms with Gasteiger partial charge in [0.15, 0.2) is 5.82 Å². The van der Waals surface area contributed by atoms with Gasteiger partial charge in [-0.15, -0.1) is 5.10 Å². The van der Waals surface area contributed by atoms with Crippen molar-refractivity contribution in [1.29, 1.82) is 0 Å². The second kappa shape index (κ2) is 6.91. The van der Waals surface area contributed by atoms with Crippen LogP contribution in [0.25, 0.3) is 32.3 Å². The van der Waals surface area contributed by atoms with Crippen molar-refractivity contribution in [2.24, 2.45) is 5.10 Å². The zero-order valence-corrected chi connectivity index (χ0v) is 15.6. The van der Waals surface area contributed by atoms with E-state index in [1.54, 1.807) is 6.20 Å². The SMILES string of the molecule is Clc1c2ccccc2c(C=NNc2nncc3ccccc23)c2ccccc12. The lowest BCUT2D eigenvalue weighted by molar-refractivity contribution is 1.04. The molecule has 134 valence electrons. The van der Waals surface area contributed by atoms with Crippen LogP contribution in [0.1, 0.15) is 5.56 Å². The summed E-state index contributed by atoms with van der Waals surface area (Å²) in [6, 6.07) is 24.1. The molecule has 0 aliphatic carbocycles. The van der Waals surface area contributed by atoms with Crippen molar-refractivity contribution in [1.82, 2.24) is 10.2 Å². The first-order chi connectivity index (χ1) is 13.8. The van der Waals surface area contributed by atoms with E-state index < -0.39 is 0 Å². The molecule has 5 aromatic rings. The Balaban J connectivity index is 1.63. The first-order valence-electron chi connectivity index (χ1n) is 8.91. The van der Waals surface area contributed by atoms with Crippen LogP contribution in [0.3, 0.4) is 0 Å². The molecule has 0 unspecified atom stereocenters. The van der Waals surface area contributed by atoms with Gasteiger partial charge in [0.2, 0.25) is 0 Å². The quantitative estimate of drug-likeness (QED) is 0.235. The Morgan fingerprint density at radius 2 is 1.32 bits per heavy atom. The van der Waals surface area contributed by atoms with Crippen LogP contribution in [0.4, 0.5) is 5.82 Å². The van der Waals surface area contributed by atoms with E-state index in [0.29, 0.717) is 5.82 Å². The predicted molar refractivity (Wildman–Crippen MR) is 117 cm³/mol. The molecule has 0 saturated carbocycles. The van der Waals surface area contributed by atoms with Gasteiger partial charge in [0.25, 0.3) is 0 Å². The van der Waals surface area contributed by atoms with Crippen molar-refractivity contribution in [3.05, 3.63) is 89.6 Å². The largest absolute Gasteiger partial charge is 0.259 e. The van der Waals surface area contributed by atoms with Crippen molar-refractivity contribution in [2.45, 2.75) is 0 Å². The Bertz CT molecular complexity index is 1300. The highest BCUT2D eigenvalue weighted by Gasteiger charge is 2.11. The van der Waals surface area contributed by atoms with E-state index in [1.165, 1.54) is 0 Å². The average Bonchev–Trinajstić information content (AvgIpc) is 2.76. The number of hydrazone groups is 1. The first kappa shape index (κ1) is 16.7. The molecule has 0 fully saturated rings. The molecule has 0 saturated heterocycles. The van der Waals surface area contributed by atoms with Crippen LogP contribution < -0.4 is 5.43 Å². The Labute approximate surface area is 166 Å². The van der Waals surface area contributed by atoms with Crippen molar-refractivity contribution in [2.75, 3.05) is 5.43 Å². The number of nitrogens with zero attached hydrogens (tertiary/aromatic N) is 3. The number of halogens is 1. The van der Waals surface area contributed by atoms with Crippen LogP contribution in [0.5, 0.6) is 0 Å². The highest BCUT2D eigenvalue weighted by molar-refractivity contribution is 6.42. The molecule has 1 N–H and O–H groups in total. The smallest absolute Gasteiger partial charge is 0.176 e. The van der Waals surface area contributed by atoms with Gasteiger partial charge in [0, 0.05) is 27.1 Å². The third-order valence-corrected chi connectivity index (χ3v) is 5.25. The lowest BCUT2D eigenvalue weighted by Gasteiger charge is -2.10. The molecule has 1 heterocycles. The molecule has 5 heteroatoms. The molecule has 0 aliphatic heterocycles. The number of fused-ring (bicyclic) bond motifs is 3. The van der Waals surface area contributed by atoms with Crippen LogP contribution in [0.15, 0.2) is 84.1 Å². The standard InChI is InChI=1S/C23H15ClN4/c24-22-19-11-5-3-9-17(19)21(18-10-4-6-12-20(18)22)14-26-28-23-16-8-2-1-7-15(16)13-25-27-23/h1-14H,(H,27,28). The summed E-state index contributed by atoms with van der Waals surface area (Å²) < 4.78 is 0. The molecule has 0 bridgehead atoms. The molecule has 0 spiro atoms. The number of anilines is 1. The van der Waals surface area contributed by atoms with E-state index in [2.05, 4.69) is 32.9 Å². The lowest BCUT2D eigenvalue weighted by atomic mass is 9.97. The van der Waals surface area contributed by atoms with Gasteiger partial charge in [0.05, 0.1) is 17.4 Å². The number of rotatable bonds is 3. The maximum Gasteiger partial charge on any atom is 0.176 e. The third kappa shape index (κ3) is 2.75. The Hall–Kier alpha value is -3.50. The van der Waals surface area contributed by atoms with E-state index in [4.69, 9.17) is 11.6 Å². The van der Waals surface area contributed by atoms with E-state index >= 15 is 0 Å². The number of hydrogen-bond acceptors (Lipinski definition) is 4. The zero-order chi connectivity index (χ0) is 18.9. The predicted octanol–water partition coefficient (Wildman–Crippen LogP) is 6.04. The molecule has 4 aromatic carbocycles. The second-order valence-electron chi connectivity index (χ2n) is 6.47. The molecule has 0 radical (unpaired) electrons. The summed E-state index contributed by atoms with van der Waals surface area (Å²) in [5.41, 5.74) is 4.05. The minimum Gasteiger partial charge on any atom is -0.259 e. The normalized spacial score (nSPS) is 11.6. The second-order valence-corrected chi connectivity index (χ2v) is 6.85. The summed E-state index contributed by atoms with van der Waals surface area (Å²) in [7, 11) is 0.